The van der Waals surface area contributed by atoms with Crippen molar-refractivity contribution in [3.63, 3.8) is 0 Å². The van der Waals surface area contributed by atoms with Gasteiger partial charge in [-0.1, -0.05) is 6.07 Å². The number of hydrogen-bond donors (Lipinski definition) is 0. The van der Waals surface area contributed by atoms with Crippen LogP contribution in [0.2, 0.25) is 0 Å². The Balaban J connectivity index is 1.36. The van der Waals surface area contributed by atoms with Gasteiger partial charge >= 0.3 is 0 Å². The summed E-state index contributed by atoms with van der Waals surface area (Å²) in [5, 5.41) is 10.3. The molecule has 1 unspecified atom stereocenters. The van der Waals surface area contributed by atoms with Gasteiger partial charge in [-0.25, -0.2) is 0 Å². The molecule has 0 bridgehead atoms. The molecule has 4 rings (SSSR count). The number of piperidine rings is 1. The smallest absolute Gasteiger partial charge is 0.257 e. The summed E-state index contributed by atoms with van der Waals surface area (Å²) in [4.78, 5) is 17.9. The van der Waals surface area contributed by atoms with Crippen molar-refractivity contribution in [1.29, 1.82) is 0 Å². The zero-order chi connectivity index (χ0) is 17.1. The average molecular weight is 362 g/mol. The Morgan fingerprint density at radius 1 is 1.28 bits per heavy atom. The van der Waals surface area contributed by atoms with Crippen molar-refractivity contribution in [2.24, 2.45) is 5.92 Å². The van der Waals surface area contributed by atoms with Crippen LogP contribution in [0.4, 0.5) is 0 Å². The van der Waals surface area contributed by atoms with E-state index < -0.39 is 0 Å². The van der Waals surface area contributed by atoms with Gasteiger partial charge in [0, 0.05) is 19.6 Å². The third kappa shape index (κ3) is 3.91. The third-order valence-electron chi connectivity index (χ3n) is 4.74. The van der Waals surface area contributed by atoms with Gasteiger partial charge in [0.15, 0.2) is 0 Å². The quantitative estimate of drug-likeness (QED) is 0.827. The van der Waals surface area contributed by atoms with E-state index in [-0.39, 0.29) is 11.8 Å². The highest BCUT2D eigenvalue weighted by atomic mass is 32.1. The van der Waals surface area contributed by atoms with Crippen LogP contribution in [0.25, 0.3) is 10.8 Å². The molecule has 0 saturated carbocycles. The Hall–Kier alpha value is -1.77. The standard InChI is InChI=1S/C17H22N4O3S/c22-17(21-6-8-23-9-7-21)13-3-1-5-20(11-13)12-15-18-19-16(24-15)14-4-2-10-25-14/h2,4,10,13H,1,3,5-9,11-12H2. The van der Waals surface area contributed by atoms with E-state index in [1.807, 2.05) is 22.4 Å². The van der Waals surface area contributed by atoms with Crippen molar-refractivity contribution >= 4 is 17.2 Å². The molecule has 2 aromatic heterocycles. The molecule has 0 spiro atoms. The third-order valence-corrected chi connectivity index (χ3v) is 5.59. The maximum atomic E-state index is 12.7. The van der Waals surface area contributed by atoms with Crippen LogP contribution in [0.15, 0.2) is 21.9 Å². The molecule has 134 valence electrons. The summed E-state index contributed by atoms with van der Waals surface area (Å²) in [6, 6.07) is 3.94. The van der Waals surface area contributed by atoms with Crippen LogP contribution in [-0.4, -0.2) is 65.3 Å². The lowest BCUT2D eigenvalue weighted by Gasteiger charge is -2.35. The van der Waals surface area contributed by atoms with Gasteiger partial charge in [-0.2, -0.15) is 0 Å². The molecule has 2 aliphatic rings. The Morgan fingerprint density at radius 2 is 2.16 bits per heavy atom. The van der Waals surface area contributed by atoms with Crippen molar-refractivity contribution < 1.29 is 13.9 Å². The molecule has 0 aliphatic carbocycles. The molecule has 0 radical (unpaired) electrons. The normalized spacial score (nSPS) is 22.2. The summed E-state index contributed by atoms with van der Waals surface area (Å²) in [7, 11) is 0. The molecule has 4 heterocycles. The molecule has 7 nitrogen and oxygen atoms in total. The van der Waals surface area contributed by atoms with Gasteiger partial charge in [0.25, 0.3) is 5.89 Å². The highest BCUT2D eigenvalue weighted by Gasteiger charge is 2.30. The van der Waals surface area contributed by atoms with Crippen LogP contribution in [0.3, 0.4) is 0 Å². The zero-order valence-electron chi connectivity index (χ0n) is 14.1. The second-order valence-corrected chi connectivity index (χ2v) is 7.44. The number of morpholine rings is 1. The van der Waals surface area contributed by atoms with Crippen LogP contribution in [0.1, 0.15) is 18.7 Å². The maximum Gasteiger partial charge on any atom is 0.257 e. The molecule has 0 aromatic carbocycles. The van der Waals surface area contributed by atoms with Crippen molar-refractivity contribution in [3.05, 3.63) is 23.4 Å². The van der Waals surface area contributed by atoms with Crippen LogP contribution in [0, 0.1) is 5.92 Å². The number of nitrogens with zero attached hydrogens (tertiary/aromatic N) is 4. The minimum Gasteiger partial charge on any atom is -0.419 e. The molecule has 25 heavy (non-hydrogen) atoms. The fraction of sp³-hybridized carbons (Fsp3) is 0.588. The van der Waals surface area contributed by atoms with E-state index in [0.29, 0.717) is 44.6 Å². The number of rotatable bonds is 4. The highest BCUT2D eigenvalue weighted by molar-refractivity contribution is 7.13. The summed E-state index contributed by atoms with van der Waals surface area (Å²) in [5.74, 6) is 1.51. The topological polar surface area (TPSA) is 71.7 Å². The first-order valence-corrected chi connectivity index (χ1v) is 9.63. The number of carbonyl (C=O) groups is 1. The monoisotopic (exact) mass is 362 g/mol. The molecule has 1 amide bonds. The van der Waals surface area contributed by atoms with Crippen LogP contribution < -0.4 is 0 Å². The molecule has 1 atom stereocenters. The number of amides is 1. The molecule has 8 heteroatoms. The van der Waals surface area contributed by atoms with Gasteiger partial charge in [-0.3, -0.25) is 9.69 Å². The van der Waals surface area contributed by atoms with Gasteiger partial charge in [0.05, 0.1) is 30.6 Å². The van der Waals surface area contributed by atoms with E-state index in [9.17, 15) is 4.79 Å². The maximum absolute atomic E-state index is 12.7. The SMILES string of the molecule is O=C(C1CCCN(Cc2nnc(-c3cccs3)o2)C1)N1CCOCC1. The zero-order valence-corrected chi connectivity index (χ0v) is 14.9. The van der Waals surface area contributed by atoms with Crippen LogP contribution >= 0.6 is 11.3 Å². The number of carbonyl (C=O) groups excluding carboxylic acids is 1. The van der Waals surface area contributed by atoms with Crippen LogP contribution in [0.5, 0.6) is 0 Å². The van der Waals surface area contributed by atoms with E-state index in [1.54, 1.807) is 11.3 Å². The lowest BCUT2D eigenvalue weighted by molar-refractivity contribution is -0.141. The number of ether oxygens (including phenoxy) is 1. The Labute approximate surface area is 150 Å². The van der Waals surface area contributed by atoms with Gasteiger partial charge in [0.2, 0.25) is 11.8 Å². The van der Waals surface area contributed by atoms with Gasteiger partial charge in [-0.05, 0) is 30.8 Å². The average Bonchev–Trinajstić information content (AvgIpc) is 3.34. The second kappa shape index (κ2) is 7.63. The highest BCUT2D eigenvalue weighted by Crippen LogP contribution is 2.25. The summed E-state index contributed by atoms with van der Waals surface area (Å²) < 4.78 is 11.1. The Bertz CT molecular complexity index is 697. The van der Waals surface area contributed by atoms with E-state index in [4.69, 9.17) is 9.15 Å². The first-order chi connectivity index (χ1) is 12.3. The van der Waals surface area contributed by atoms with Gasteiger partial charge in [0.1, 0.15) is 0 Å². The van der Waals surface area contributed by atoms with Crippen molar-refractivity contribution in [2.45, 2.75) is 19.4 Å². The number of aromatic nitrogens is 2. The Kier molecular flexibility index (Phi) is 5.09. The molecule has 2 fully saturated rings. The predicted octanol–water partition coefficient (Wildman–Crippen LogP) is 1.87. The van der Waals surface area contributed by atoms with Gasteiger partial charge in [-0.15, -0.1) is 21.5 Å². The number of hydrogen-bond acceptors (Lipinski definition) is 7. The molecule has 2 saturated heterocycles. The van der Waals surface area contributed by atoms with Crippen molar-refractivity contribution in [3.8, 4) is 10.8 Å². The first kappa shape index (κ1) is 16.7. The van der Waals surface area contributed by atoms with Crippen molar-refractivity contribution in [1.82, 2.24) is 20.0 Å². The molecular formula is C17H22N4O3S. The largest absolute Gasteiger partial charge is 0.419 e. The fourth-order valence-electron chi connectivity index (χ4n) is 3.45. The first-order valence-electron chi connectivity index (χ1n) is 8.75. The van der Waals surface area contributed by atoms with E-state index in [0.717, 1.165) is 30.8 Å². The molecule has 2 aromatic rings. The van der Waals surface area contributed by atoms with Crippen LogP contribution in [-0.2, 0) is 16.1 Å². The fourth-order valence-corrected chi connectivity index (χ4v) is 4.10. The lowest BCUT2D eigenvalue weighted by atomic mass is 9.96. The molecule has 2 aliphatic heterocycles. The number of thiophene rings is 1. The molecular weight excluding hydrogens is 340 g/mol. The minimum absolute atomic E-state index is 0.0616. The summed E-state index contributed by atoms with van der Waals surface area (Å²) in [6.07, 6.45) is 1.98. The summed E-state index contributed by atoms with van der Waals surface area (Å²) in [6.45, 7) is 5.04. The summed E-state index contributed by atoms with van der Waals surface area (Å²) in [5.41, 5.74) is 0. The lowest BCUT2D eigenvalue weighted by Crippen LogP contribution is -2.48. The van der Waals surface area contributed by atoms with E-state index in [1.165, 1.54) is 0 Å². The van der Waals surface area contributed by atoms with E-state index >= 15 is 0 Å². The van der Waals surface area contributed by atoms with Gasteiger partial charge < -0.3 is 14.1 Å². The predicted molar refractivity (Wildman–Crippen MR) is 93.0 cm³/mol. The second-order valence-electron chi connectivity index (χ2n) is 6.49. The molecule has 0 N–H and O–H groups in total. The summed E-state index contributed by atoms with van der Waals surface area (Å²) >= 11 is 1.59. The van der Waals surface area contributed by atoms with E-state index in [2.05, 4.69) is 15.1 Å². The number of likely N-dealkylation sites (tertiary alicyclic amines) is 1. The minimum atomic E-state index is 0.0616. The Morgan fingerprint density at radius 3 is 2.96 bits per heavy atom. The van der Waals surface area contributed by atoms with Crippen molar-refractivity contribution in [2.75, 3.05) is 39.4 Å².